The molecule has 0 bridgehead atoms. The standard InChI is InChI=1S/C20H26N2O5/c1-3-27-20(25)14-6-5-9-21(12-14)19(24)15-10-18(23)22(13-15)16-7-4-8-17(11-16)26-2/h4,7-8,11,14-15H,3,5-6,9-10,12-13H2,1-2H3/t14-,15-/m0/s1. The third kappa shape index (κ3) is 4.23. The van der Waals surface area contributed by atoms with Crippen LogP contribution in [0.15, 0.2) is 24.3 Å². The molecule has 1 aromatic rings. The lowest BCUT2D eigenvalue weighted by Gasteiger charge is -2.33. The second-order valence-corrected chi connectivity index (χ2v) is 6.98. The van der Waals surface area contributed by atoms with Gasteiger partial charge >= 0.3 is 5.97 Å². The molecule has 2 fully saturated rings. The summed E-state index contributed by atoms with van der Waals surface area (Å²) in [6, 6.07) is 7.27. The maximum atomic E-state index is 12.9. The molecule has 0 N–H and O–H groups in total. The minimum Gasteiger partial charge on any atom is -0.497 e. The largest absolute Gasteiger partial charge is 0.497 e. The molecule has 0 unspecified atom stereocenters. The van der Waals surface area contributed by atoms with Crippen LogP contribution >= 0.6 is 0 Å². The third-order valence-electron chi connectivity index (χ3n) is 5.19. The van der Waals surface area contributed by atoms with Crippen LogP contribution in [0, 0.1) is 11.8 Å². The van der Waals surface area contributed by atoms with E-state index in [2.05, 4.69) is 0 Å². The minimum atomic E-state index is -0.385. The predicted molar refractivity (Wildman–Crippen MR) is 99.4 cm³/mol. The number of carbonyl (C=O) groups is 3. The third-order valence-corrected chi connectivity index (χ3v) is 5.19. The summed E-state index contributed by atoms with van der Waals surface area (Å²) in [5.41, 5.74) is 0.734. The Kier molecular flexibility index (Phi) is 5.98. The lowest BCUT2D eigenvalue weighted by molar-refractivity contribution is -0.152. The monoisotopic (exact) mass is 374 g/mol. The number of esters is 1. The molecule has 0 aliphatic carbocycles. The Morgan fingerprint density at radius 1 is 1.22 bits per heavy atom. The fourth-order valence-corrected chi connectivity index (χ4v) is 3.79. The van der Waals surface area contributed by atoms with Gasteiger partial charge in [-0.15, -0.1) is 0 Å². The van der Waals surface area contributed by atoms with Gasteiger partial charge in [0.15, 0.2) is 0 Å². The van der Waals surface area contributed by atoms with Crippen molar-refractivity contribution >= 4 is 23.5 Å². The highest BCUT2D eigenvalue weighted by Crippen LogP contribution is 2.30. The second kappa shape index (κ2) is 8.41. The molecule has 0 saturated carbocycles. The van der Waals surface area contributed by atoms with Crippen molar-refractivity contribution in [3.8, 4) is 5.75 Å². The molecule has 1 aromatic carbocycles. The first-order chi connectivity index (χ1) is 13.0. The minimum absolute atomic E-state index is 0.0530. The highest BCUT2D eigenvalue weighted by atomic mass is 16.5. The molecule has 0 spiro atoms. The van der Waals surface area contributed by atoms with E-state index >= 15 is 0 Å². The SMILES string of the molecule is CCOC(=O)[C@H]1CCCN(C(=O)[C@H]2CC(=O)N(c3cccc(OC)c3)C2)C1. The second-order valence-electron chi connectivity index (χ2n) is 6.98. The van der Waals surface area contributed by atoms with E-state index < -0.39 is 0 Å². The van der Waals surface area contributed by atoms with Crippen molar-refractivity contribution in [1.29, 1.82) is 0 Å². The Labute approximate surface area is 159 Å². The number of ether oxygens (including phenoxy) is 2. The van der Waals surface area contributed by atoms with Crippen molar-refractivity contribution < 1.29 is 23.9 Å². The summed E-state index contributed by atoms with van der Waals surface area (Å²) in [4.78, 5) is 40.8. The maximum Gasteiger partial charge on any atom is 0.310 e. The van der Waals surface area contributed by atoms with Crippen molar-refractivity contribution in [3.05, 3.63) is 24.3 Å². The normalized spacial score (nSPS) is 22.7. The molecule has 27 heavy (non-hydrogen) atoms. The van der Waals surface area contributed by atoms with Crippen LogP contribution in [0.25, 0.3) is 0 Å². The van der Waals surface area contributed by atoms with Gasteiger partial charge in [-0.2, -0.15) is 0 Å². The number of nitrogens with zero attached hydrogens (tertiary/aromatic N) is 2. The van der Waals surface area contributed by atoms with Crippen LogP contribution in [0.1, 0.15) is 26.2 Å². The van der Waals surface area contributed by atoms with E-state index in [1.807, 2.05) is 18.2 Å². The maximum absolute atomic E-state index is 12.9. The molecule has 2 heterocycles. The van der Waals surface area contributed by atoms with Crippen LogP contribution < -0.4 is 9.64 Å². The van der Waals surface area contributed by atoms with Gasteiger partial charge < -0.3 is 19.3 Å². The average Bonchev–Trinajstić information content (AvgIpc) is 3.09. The molecule has 2 atom stereocenters. The van der Waals surface area contributed by atoms with Crippen molar-refractivity contribution in [1.82, 2.24) is 4.90 Å². The summed E-state index contributed by atoms with van der Waals surface area (Å²) in [6.07, 6.45) is 1.70. The zero-order valence-corrected chi connectivity index (χ0v) is 15.8. The van der Waals surface area contributed by atoms with E-state index in [9.17, 15) is 14.4 Å². The summed E-state index contributed by atoms with van der Waals surface area (Å²) in [5.74, 6) is -0.346. The fraction of sp³-hybridized carbons (Fsp3) is 0.550. The summed E-state index contributed by atoms with van der Waals surface area (Å²) < 4.78 is 10.3. The molecule has 2 saturated heterocycles. The first-order valence-corrected chi connectivity index (χ1v) is 9.43. The number of hydrogen-bond donors (Lipinski definition) is 0. The van der Waals surface area contributed by atoms with Gasteiger partial charge in [-0.25, -0.2) is 0 Å². The Balaban J connectivity index is 1.65. The first kappa shape index (κ1) is 19.2. The van der Waals surface area contributed by atoms with Crippen molar-refractivity contribution in [2.24, 2.45) is 11.8 Å². The van der Waals surface area contributed by atoms with E-state index in [4.69, 9.17) is 9.47 Å². The number of methoxy groups -OCH3 is 1. The quantitative estimate of drug-likeness (QED) is 0.735. The van der Waals surface area contributed by atoms with Crippen molar-refractivity contribution in [2.45, 2.75) is 26.2 Å². The van der Waals surface area contributed by atoms with Gasteiger partial charge in [0.05, 0.1) is 25.6 Å². The van der Waals surface area contributed by atoms with Crippen LogP contribution in [0.3, 0.4) is 0 Å². The van der Waals surface area contributed by atoms with E-state index in [-0.39, 0.29) is 36.0 Å². The summed E-state index contributed by atoms with van der Waals surface area (Å²) in [5, 5.41) is 0. The van der Waals surface area contributed by atoms with Crippen LogP contribution in [0.5, 0.6) is 5.75 Å². The Bertz CT molecular complexity index is 720. The van der Waals surface area contributed by atoms with Gasteiger partial charge in [0, 0.05) is 37.8 Å². The number of benzene rings is 1. The van der Waals surface area contributed by atoms with E-state index in [1.54, 1.807) is 29.9 Å². The number of likely N-dealkylation sites (tertiary alicyclic amines) is 1. The number of anilines is 1. The fourth-order valence-electron chi connectivity index (χ4n) is 3.79. The van der Waals surface area contributed by atoms with Crippen molar-refractivity contribution in [2.75, 3.05) is 38.3 Å². The Morgan fingerprint density at radius 2 is 2.04 bits per heavy atom. The van der Waals surface area contributed by atoms with Crippen LogP contribution in [-0.4, -0.2) is 56.0 Å². The molecule has 2 aliphatic rings. The summed E-state index contributed by atoms with van der Waals surface area (Å²) >= 11 is 0. The van der Waals surface area contributed by atoms with Crippen LogP contribution in [-0.2, 0) is 19.1 Å². The zero-order valence-electron chi connectivity index (χ0n) is 15.8. The molecule has 7 nitrogen and oxygen atoms in total. The Morgan fingerprint density at radius 3 is 2.78 bits per heavy atom. The van der Waals surface area contributed by atoms with E-state index in [0.29, 0.717) is 32.0 Å². The molecule has 3 rings (SSSR count). The van der Waals surface area contributed by atoms with Gasteiger partial charge in [-0.05, 0) is 31.9 Å². The molecule has 7 heteroatoms. The van der Waals surface area contributed by atoms with E-state index in [0.717, 1.165) is 18.5 Å². The summed E-state index contributed by atoms with van der Waals surface area (Å²) in [6.45, 7) is 3.47. The smallest absolute Gasteiger partial charge is 0.310 e. The molecule has 2 aliphatic heterocycles. The van der Waals surface area contributed by atoms with Gasteiger partial charge in [-0.3, -0.25) is 14.4 Å². The molecular weight excluding hydrogens is 348 g/mol. The van der Waals surface area contributed by atoms with Crippen molar-refractivity contribution in [3.63, 3.8) is 0 Å². The topological polar surface area (TPSA) is 76.2 Å². The number of hydrogen-bond acceptors (Lipinski definition) is 5. The highest BCUT2D eigenvalue weighted by molar-refractivity contribution is 6.00. The molecule has 2 amide bonds. The highest BCUT2D eigenvalue weighted by Gasteiger charge is 2.39. The predicted octanol–water partition coefficient (Wildman–Crippen LogP) is 1.85. The molecular formula is C20H26N2O5. The number of piperidine rings is 1. The van der Waals surface area contributed by atoms with Gasteiger partial charge in [0.25, 0.3) is 0 Å². The molecule has 0 aromatic heterocycles. The Hall–Kier alpha value is -2.57. The van der Waals surface area contributed by atoms with Crippen LogP contribution in [0.2, 0.25) is 0 Å². The lowest BCUT2D eigenvalue weighted by atomic mass is 9.96. The number of amides is 2. The number of rotatable bonds is 5. The van der Waals surface area contributed by atoms with Gasteiger partial charge in [0.2, 0.25) is 11.8 Å². The zero-order chi connectivity index (χ0) is 19.4. The van der Waals surface area contributed by atoms with Crippen LogP contribution in [0.4, 0.5) is 5.69 Å². The van der Waals surface area contributed by atoms with E-state index in [1.165, 1.54) is 0 Å². The van der Waals surface area contributed by atoms with Gasteiger partial charge in [-0.1, -0.05) is 6.07 Å². The molecule has 146 valence electrons. The lowest BCUT2D eigenvalue weighted by Crippen LogP contribution is -2.45. The number of carbonyl (C=O) groups excluding carboxylic acids is 3. The first-order valence-electron chi connectivity index (χ1n) is 9.43. The molecule has 0 radical (unpaired) electrons. The average molecular weight is 374 g/mol. The summed E-state index contributed by atoms with van der Waals surface area (Å²) in [7, 11) is 1.58. The van der Waals surface area contributed by atoms with Gasteiger partial charge in [0.1, 0.15) is 5.75 Å².